The molecule has 0 saturated heterocycles. The molecule has 0 saturated carbocycles. The van der Waals surface area contributed by atoms with Gasteiger partial charge in [-0.1, -0.05) is 5.92 Å². The van der Waals surface area contributed by atoms with Gasteiger partial charge < -0.3 is 10.2 Å². The molecule has 0 bridgehead atoms. The maximum Gasteiger partial charge on any atom is 0.155 e. The Bertz CT molecular complexity index is 222. The summed E-state index contributed by atoms with van der Waals surface area (Å²) >= 11 is 0. The van der Waals surface area contributed by atoms with Crippen LogP contribution in [0.2, 0.25) is 0 Å². The van der Waals surface area contributed by atoms with Gasteiger partial charge in [-0.2, -0.15) is 5.90 Å². The molecule has 1 aliphatic heterocycles. The first-order valence-electron chi connectivity index (χ1n) is 3.65. The van der Waals surface area contributed by atoms with Gasteiger partial charge in [-0.05, 0) is 19.3 Å². The summed E-state index contributed by atoms with van der Waals surface area (Å²) in [5.41, 5.74) is 0.834. The smallest absolute Gasteiger partial charge is 0.155 e. The van der Waals surface area contributed by atoms with E-state index in [2.05, 4.69) is 22.0 Å². The van der Waals surface area contributed by atoms with Crippen LogP contribution in [0.3, 0.4) is 0 Å². The summed E-state index contributed by atoms with van der Waals surface area (Å²) in [7, 11) is 0. The first-order chi connectivity index (χ1) is 5.38. The fourth-order valence-electron chi connectivity index (χ4n) is 1.04. The molecule has 0 aromatic carbocycles. The second-order valence-electron chi connectivity index (χ2n) is 2.32. The predicted molar refractivity (Wildman–Crippen MR) is 43.0 cm³/mol. The van der Waals surface area contributed by atoms with Gasteiger partial charge in [0.15, 0.2) is 5.76 Å². The van der Waals surface area contributed by atoms with Crippen molar-refractivity contribution in [1.29, 1.82) is 0 Å². The number of hydrogen-bond acceptors (Lipinski definition) is 3. The van der Waals surface area contributed by atoms with E-state index in [1.165, 1.54) is 0 Å². The lowest BCUT2D eigenvalue weighted by molar-refractivity contribution is 0.199. The zero-order chi connectivity index (χ0) is 8.10. The first-order valence-corrected chi connectivity index (χ1v) is 3.65. The molecule has 1 heterocycles. The van der Waals surface area contributed by atoms with Crippen LogP contribution in [0.1, 0.15) is 19.8 Å². The van der Waals surface area contributed by atoms with Gasteiger partial charge in [-0.25, -0.2) is 0 Å². The van der Waals surface area contributed by atoms with E-state index in [-0.39, 0.29) is 0 Å². The Hall–Kier alpha value is -1.14. The van der Waals surface area contributed by atoms with E-state index in [1.807, 2.05) is 0 Å². The number of allylic oxidation sites excluding steroid dienone is 2. The van der Waals surface area contributed by atoms with Crippen molar-refractivity contribution in [3.8, 4) is 11.8 Å². The lowest BCUT2D eigenvalue weighted by Crippen LogP contribution is -2.23. The topological polar surface area (TPSA) is 47.3 Å². The van der Waals surface area contributed by atoms with Crippen molar-refractivity contribution < 1.29 is 4.84 Å². The van der Waals surface area contributed by atoms with Crippen LogP contribution < -0.4 is 11.2 Å². The maximum absolute atomic E-state index is 5.06. The van der Waals surface area contributed by atoms with Crippen molar-refractivity contribution >= 4 is 0 Å². The average molecular weight is 152 g/mol. The van der Waals surface area contributed by atoms with E-state index in [9.17, 15) is 0 Å². The zero-order valence-electron chi connectivity index (χ0n) is 6.61. The van der Waals surface area contributed by atoms with Gasteiger partial charge in [0.2, 0.25) is 0 Å². The lowest BCUT2D eigenvalue weighted by atomic mass is 10.1. The monoisotopic (exact) mass is 152 g/mol. The van der Waals surface area contributed by atoms with E-state index < -0.39 is 0 Å². The van der Waals surface area contributed by atoms with Gasteiger partial charge in [0.05, 0.1) is 0 Å². The molecule has 0 fully saturated rings. The van der Waals surface area contributed by atoms with Gasteiger partial charge in [0, 0.05) is 13.0 Å². The molecule has 3 heteroatoms. The van der Waals surface area contributed by atoms with Crippen LogP contribution in [0.25, 0.3) is 0 Å². The molecular weight excluding hydrogens is 140 g/mol. The number of hydrogen-bond donors (Lipinski definition) is 2. The van der Waals surface area contributed by atoms with Crippen LogP contribution in [-0.2, 0) is 4.84 Å². The molecule has 11 heavy (non-hydrogen) atoms. The van der Waals surface area contributed by atoms with Crippen molar-refractivity contribution in [2.45, 2.75) is 19.8 Å². The van der Waals surface area contributed by atoms with E-state index in [0.29, 0.717) is 0 Å². The molecule has 3 N–H and O–H groups in total. The van der Waals surface area contributed by atoms with E-state index in [0.717, 1.165) is 30.8 Å². The van der Waals surface area contributed by atoms with Crippen LogP contribution in [0.5, 0.6) is 0 Å². The molecule has 0 aromatic heterocycles. The fraction of sp³-hybridized carbons (Fsp3) is 0.500. The Labute approximate surface area is 66.6 Å². The van der Waals surface area contributed by atoms with Crippen molar-refractivity contribution in [2.24, 2.45) is 5.90 Å². The fourth-order valence-corrected chi connectivity index (χ4v) is 1.04. The van der Waals surface area contributed by atoms with Crippen molar-refractivity contribution in [1.82, 2.24) is 5.32 Å². The molecule has 0 spiro atoms. The van der Waals surface area contributed by atoms with Crippen LogP contribution in [0, 0.1) is 11.8 Å². The highest BCUT2D eigenvalue weighted by molar-refractivity contribution is 5.30. The molecule has 0 unspecified atom stereocenters. The molecule has 60 valence electrons. The second-order valence-corrected chi connectivity index (χ2v) is 2.32. The Kier molecular flexibility index (Phi) is 2.82. The largest absolute Gasteiger partial charge is 0.413 e. The van der Waals surface area contributed by atoms with E-state index in [4.69, 9.17) is 5.90 Å². The second kappa shape index (κ2) is 3.89. The third-order valence-corrected chi connectivity index (χ3v) is 1.55. The molecule has 0 amide bonds. The molecular formula is C8H12N2O. The minimum atomic E-state index is 0.769. The van der Waals surface area contributed by atoms with Crippen molar-refractivity contribution in [3.63, 3.8) is 0 Å². The van der Waals surface area contributed by atoms with Crippen LogP contribution in [0.15, 0.2) is 11.5 Å². The van der Waals surface area contributed by atoms with E-state index >= 15 is 0 Å². The molecule has 0 radical (unpaired) electrons. The minimum Gasteiger partial charge on any atom is -0.413 e. The third-order valence-electron chi connectivity index (χ3n) is 1.55. The Morgan fingerprint density at radius 2 is 2.45 bits per heavy atom. The molecule has 1 rings (SSSR count). The molecule has 0 aliphatic carbocycles. The van der Waals surface area contributed by atoms with Gasteiger partial charge in [0.1, 0.15) is 5.70 Å². The summed E-state index contributed by atoms with van der Waals surface area (Å²) in [6.07, 6.45) is 1.94. The highest BCUT2D eigenvalue weighted by Gasteiger charge is 2.10. The SMILES string of the molecule is CC#CC1=C(ON)CCCN1. The summed E-state index contributed by atoms with van der Waals surface area (Å²) in [6.45, 7) is 2.74. The Balaban J connectivity index is 2.78. The predicted octanol–water partition coefficient (Wildman–Crippen LogP) is 0.495. The molecule has 3 nitrogen and oxygen atoms in total. The van der Waals surface area contributed by atoms with Gasteiger partial charge in [0.25, 0.3) is 0 Å². The van der Waals surface area contributed by atoms with Crippen LogP contribution in [-0.4, -0.2) is 6.54 Å². The molecule has 0 aromatic rings. The van der Waals surface area contributed by atoms with Gasteiger partial charge >= 0.3 is 0 Å². The Morgan fingerprint density at radius 3 is 3.09 bits per heavy atom. The molecule has 1 aliphatic rings. The Morgan fingerprint density at radius 1 is 1.64 bits per heavy atom. The molecule has 0 atom stereocenters. The average Bonchev–Trinajstić information content (AvgIpc) is 2.06. The summed E-state index contributed by atoms with van der Waals surface area (Å²) in [5.74, 6) is 11.5. The summed E-state index contributed by atoms with van der Waals surface area (Å²) in [6, 6.07) is 0. The summed E-state index contributed by atoms with van der Waals surface area (Å²) in [4.78, 5) is 4.67. The lowest BCUT2D eigenvalue weighted by Gasteiger charge is -2.15. The quantitative estimate of drug-likeness (QED) is 0.425. The van der Waals surface area contributed by atoms with Crippen molar-refractivity contribution in [2.75, 3.05) is 6.54 Å². The number of nitrogens with two attached hydrogens (primary N) is 1. The van der Waals surface area contributed by atoms with Gasteiger partial charge in [-0.15, -0.1) is 0 Å². The van der Waals surface area contributed by atoms with Crippen LogP contribution in [0.4, 0.5) is 0 Å². The summed E-state index contributed by atoms with van der Waals surface area (Å²) < 4.78 is 0. The maximum atomic E-state index is 5.06. The normalized spacial score (nSPS) is 16.5. The number of rotatable bonds is 1. The van der Waals surface area contributed by atoms with Gasteiger partial charge in [-0.3, -0.25) is 0 Å². The number of nitrogens with one attached hydrogen (secondary N) is 1. The zero-order valence-corrected chi connectivity index (χ0v) is 6.61. The van der Waals surface area contributed by atoms with Crippen molar-refractivity contribution in [3.05, 3.63) is 11.5 Å². The minimum absolute atomic E-state index is 0.769. The summed E-state index contributed by atoms with van der Waals surface area (Å²) in [5, 5.41) is 3.12. The standard InChI is InChI=1S/C8H12N2O/c1-2-4-7-8(11-9)5-3-6-10-7/h10H,3,5-6,9H2,1H3. The van der Waals surface area contributed by atoms with Crippen LogP contribution >= 0.6 is 0 Å². The van der Waals surface area contributed by atoms with E-state index in [1.54, 1.807) is 6.92 Å². The highest BCUT2D eigenvalue weighted by atomic mass is 16.6. The third kappa shape index (κ3) is 1.89. The highest BCUT2D eigenvalue weighted by Crippen LogP contribution is 2.12. The first kappa shape index (κ1) is 7.96.